The van der Waals surface area contributed by atoms with Gasteiger partial charge in [0.05, 0.1) is 53.7 Å². The molecule has 0 saturated carbocycles. The molecule has 4 aromatic carbocycles. The molecule has 2 fully saturated rings. The summed E-state index contributed by atoms with van der Waals surface area (Å²) >= 11 is 0. The second-order valence-corrected chi connectivity index (χ2v) is 21.5. The van der Waals surface area contributed by atoms with Gasteiger partial charge in [-0.05, 0) is 59.1 Å². The topological polar surface area (TPSA) is 208 Å². The Morgan fingerprint density at radius 3 is 2.16 bits per heavy atom. The number of amides is 3. The quantitative estimate of drug-likeness (QED) is 0.101. The van der Waals surface area contributed by atoms with Crippen molar-refractivity contribution in [1.82, 2.24) is 4.90 Å². The molecule has 3 aliphatic rings. The average Bonchev–Trinajstić information content (AvgIpc) is 3.70. The van der Waals surface area contributed by atoms with Crippen LogP contribution < -0.4 is 24.9 Å². The second kappa shape index (κ2) is 18.3. The smallest absolute Gasteiger partial charge is 0.264 e. The Morgan fingerprint density at radius 1 is 0.855 bits per heavy atom. The molecule has 0 aliphatic carbocycles. The molecule has 16 heteroatoms. The summed E-state index contributed by atoms with van der Waals surface area (Å²) in [5.41, 5.74) is 1.48. The van der Waals surface area contributed by atoms with E-state index in [9.17, 15) is 35.1 Å². The zero-order valence-corrected chi connectivity index (χ0v) is 36.4. The highest BCUT2D eigenvalue weighted by Crippen LogP contribution is 2.60. The van der Waals surface area contributed by atoms with Crippen molar-refractivity contribution < 1.29 is 58.9 Å². The minimum Gasteiger partial charge on any atom is -0.497 e. The molecule has 15 nitrogen and oxygen atoms in total. The number of nitrogens with zero attached hydrogens (tertiary/aromatic N) is 2. The maximum atomic E-state index is 15.4. The second-order valence-electron chi connectivity index (χ2n) is 16.8. The van der Waals surface area contributed by atoms with Gasteiger partial charge in [-0.3, -0.25) is 14.4 Å². The number of aliphatic hydroxyl groups excluding tert-OH is 5. The number of hydrogen-bond donors (Lipinski definition) is 6. The molecule has 1 spiro atoms. The molecular weight excluding hydrogens is 815 g/mol. The van der Waals surface area contributed by atoms with E-state index < -0.39 is 62.3 Å². The molecule has 0 aromatic heterocycles. The number of carbonyl (C=O) groups is 3. The van der Waals surface area contributed by atoms with E-state index in [0.29, 0.717) is 40.5 Å². The van der Waals surface area contributed by atoms with Crippen LogP contribution >= 0.6 is 0 Å². The van der Waals surface area contributed by atoms with Crippen molar-refractivity contribution in [3.63, 3.8) is 0 Å². The fourth-order valence-electron chi connectivity index (χ4n) is 9.46. The van der Waals surface area contributed by atoms with E-state index in [0.717, 1.165) is 10.8 Å². The number of hydrogen-bond acceptors (Lipinski definition) is 12. The minimum atomic E-state index is -2.61. The van der Waals surface area contributed by atoms with Gasteiger partial charge in [-0.25, -0.2) is 0 Å². The summed E-state index contributed by atoms with van der Waals surface area (Å²) in [6.07, 6.45) is -9.57. The maximum absolute atomic E-state index is 15.4. The van der Waals surface area contributed by atoms with Gasteiger partial charge in [0.25, 0.3) is 11.8 Å². The molecule has 62 heavy (non-hydrogen) atoms. The van der Waals surface area contributed by atoms with Crippen LogP contribution in [-0.4, -0.2) is 120 Å². The lowest BCUT2D eigenvalue weighted by atomic mass is 9.82. The summed E-state index contributed by atoms with van der Waals surface area (Å²) in [5.74, 6) is -0.490. The first-order chi connectivity index (χ1) is 29.6. The van der Waals surface area contributed by atoms with E-state index in [1.807, 2.05) is 61.5 Å². The van der Waals surface area contributed by atoms with E-state index in [2.05, 4.69) is 30.5 Å². The molecule has 2 saturated heterocycles. The standard InChI is InChI=1S/C46H55N3O12Si/c1-27-42(62(4,5)33-18-15-31(58-2)16-19-33)36(24-37(51)48(21-22-50)25-28-9-7-6-8-10-28)61-46(27)34-23-32(59-3)17-20-35(34)49(45(46)57)26-29-11-13-30(14-12-29)47-43(55)41-39(53)38(52)40(54)44(56)60-41/h6-20,23,27,36,38-42,44,50,52-54,56H,21-22,24-26H2,1-5H3,(H,47,55)/t27-,36+,38-,39-,40+,41-,42-,44+,46+/m0/s1. The Morgan fingerprint density at radius 2 is 1.52 bits per heavy atom. The number of ether oxygens (including phenoxy) is 4. The van der Waals surface area contributed by atoms with Crippen LogP contribution in [0.1, 0.15) is 30.0 Å². The van der Waals surface area contributed by atoms with Gasteiger partial charge < -0.3 is 59.6 Å². The lowest BCUT2D eigenvalue weighted by molar-refractivity contribution is -0.274. The lowest BCUT2D eigenvalue weighted by Crippen LogP contribution is -2.60. The van der Waals surface area contributed by atoms with Gasteiger partial charge in [0.2, 0.25) is 5.91 Å². The van der Waals surface area contributed by atoms with Crippen molar-refractivity contribution in [2.24, 2.45) is 5.92 Å². The fourth-order valence-corrected chi connectivity index (χ4v) is 13.5. The summed E-state index contributed by atoms with van der Waals surface area (Å²) in [5, 5.41) is 53.8. The van der Waals surface area contributed by atoms with Crippen molar-refractivity contribution in [3.8, 4) is 11.5 Å². The van der Waals surface area contributed by atoms with E-state index in [4.69, 9.17) is 18.9 Å². The first-order valence-corrected chi connectivity index (χ1v) is 23.7. The number of fused-ring (bicyclic) bond motifs is 2. The van der Waals surface area contributed by atoms with Crippen molar-refractivity contribution in [3.05, 3.63) is 114 Å². The van der Waals surface area contributed by atoms with Crippen molar-refractivity contribution >= 4 is 42.4 Å². The molecule has 3 heterocycles. The molecule has 3 amide bonds. The van der Waals surface area contributed by atoms with Gasteiger partial charge in [-0.2, -0.15) is 0 Å². The monoisotopic (exact) mass is 869 g/mol. The van der Waals surface area contributed by atoms with E-state index in [1.165, 1.54) is 0 Å². The summed E-state index contributed by atoms with van der Waals surface area (Å²) in [7, 11) is 0.560. The predicted octanol–water partition coefficient (Wildman–Crippen LogP) is 2.62. The third-order valence-electron chi connectivity index (χ3n) is 12.8. The molecule has 0 radical (unpaired) electrons. The SMILES string of the molecule is COc1ccc([Si](C)(C)[C@@H]2[C@@H](CC(=O)N(CCO)Cc3ccccc3)O[C@]3(C(=O)N(Cc4ccc(NC(=O)[C@H]5O[C@@H](O)[C@H](O)[C@@H](O)[C@@H]5O)cc4)c4ccc(OC)cc43)[C@H]2C)cc1. The Bertz CT molecular complexity index is 2230. The molecule has 9 atom stereocenters. The van der Waals surface area contributed by atoms with Crippen molar-refractivity contribution in [2.75, 3.05) is 37.6 Å². The van der Waals surface area contributed by atoms with Crippen LogP contribution in [-0.2, 0) is 42.5 Å². The molecule has 7 rings (SSSR count). The minimum absolute atomic E-state index is 0.0165. The Kier molecular flexibility index (Phi) is 13.2. The number of anilines is 2. The highest BCUT2D eigenvalue weighted by atomic mass is 28.3. The lowest BCUT2D eigenvalue weighted by Gasteiger charge is -2.37. The number of benzene rings is 4. The molecule has 3 aliphatic heterocycles. The normalized spacial score (nSPS) is 26.9. The van der Waals surface area contributed by atoms with E-state index >= 15 is 4.79 Å². The summed E-state index contributed by atoms with van der Waals surface area (Å²) in [6, 6.07) is 29.7. The summed E-state index contributed by atoms with van der Waals surface area (Å²) in [4.78, 5) is 46.1. The maximum Gasteiger partial charge on any atom is 0.264 e. The van der Waals surface area contributed by atoms with Gasteiger partial charge >= 0.3 is 0 Å². The van der Waals surface area contributed by atoms with Crippen LogP contribution in [0.5, 0.6) is 11.5 Å². The summed E-state index contributed by atoms with van der Waals surface area (Å²) in [6.45, 7) is 6.86. The largest absolute Gasteiger partial charge is 0.497 e. The first-order valence-electron chi connectivity index (χ1n) is 20.7. The molecule has 0 bridgehead atoms. The van der Waals surface area contributed by atoms with Gasteiger partial charge in [0.15, 0.2) is 18.0 Å². The number of aliphatic hydroxyl groups is 5. The third-order valence-corrected chi connectivity index (χ3v) is 17.1. The van der Waals surface area contributed by atoms with Crippen molar-refractivity contribution in [2.45, 2.75) is 87.5 Å². The van der Waals surface area contributed by atoms with E-state index in [-0.39, 0.29) is 43.5 Å². The van der Waals surface area contributed by atoms with Gasteiger partial charge in [-0.1, -0.05) is 79.8 Å². The number of nitrogens with one attached hydrogen (secondary N) is 1. The van der Waals surface area contributed by atoms with Crippen LogP contribution in [0.15, 0.2) is 97.1 Å². The van der Waals surface area contributed by atoms with Gasteiger partial charge in [0, 0.05) is 30.3 Å². The van der Waals surface area contributed by atoms with Crippen LogP contribution in [0.2, 0.25) is 18.6 Å². The third kappa shape index (κ3) is 8.36. The highest BCUT2D eigenvalue weighted by Gasteiger charge is 2.66. The molecule has 6 N–H and O–H groups in total. The average molecular weight is 870 g/mol. The highest BCUT2D eigenvalue weighted by molar-refractivity contribution is 6.91. The molecule has 4 aromatic rings. The van der Waals surface area contributed by atoms with Crippen LogP contribution in [0.25, 0.3) is 0 Å². The Labute approximate surface area is 361 Å². The number of methoxy groups -OCH3 is 2. The van der Waals surface area contributed by atoms with Gasteiger partial charge in [-0.15, -0.1) is 0 Å². The zero-order valence-electron chi connectivity index (χ0n) is 35.4. The van der Waals surface area contributed by atoms with Crippen LogP contribution in [0.4, 0.5) is 11.4 Å². The first kappa shape index (κ1) is 44.9. The van der Waals surface area contributed by atoms with E-state index in [1.54, 1.807) is 54.4 Å². The predicted molar refractivity (Wildman–Crippen MR) is 231 cm³/mol. The Balaban J connectivity index is 1.21. The fraction of sp³-hybridized carbons (Fsp3) is 0.413. The summed E-state index contributed by atoms with van der Waals surface area (Å²) < 4.78 is 23.5. The molecule has 330 valence electrons. The molecule has 0 unspecified atom stereocenters. The van der Waals surface area contributed by atoms with Gasteiger partial charge in [0.1, 0.15) is 29.8 Å². The van der Waals surface area contributed by atoms with Crippen molar-refractivity contribution in [1.29, 1.82) is 0 Å². The van der Waals surface area contributed by atoms with Crippen LogP contribution in [0, 0.1) is 5.92 Å². The number of carbonyl (C=O) groups excluding carboxylic acids is 3. The zero-order chi connectivity index (χ0) is 44.5. The van der Waals surface area contributed by atoms with Crippen LogP contribution in [0.3, 0.4) is 0 Å². The molecular formula is C46H55N3O12Si. The Hall–Kier alpha value is -5.17. The number of rotatable bonds is 14.